The first-order chi connectivity index (χ1) is 8.86. The summed E-state index contributed by atoms with van der Waals surface area (Å²) in [6.45, 7) is 0.469. The molecule has 7 heteroatoms. The zero-order chi connectivity index (χ0) is 14.6. The van der Waals surface area contributed by atoms with Crippen LogP contribution in [-0.4, -0.2) is 17.7 Å². The minimum absolute atomic E-state index is 0.113. The molecule has 0 spiro atoms. The summed E-state index contributed by atoms with van der Waals surface area (Å²) in [7, 11) is 0. The Morgan fingerprint density at radius 2 is 2.11 bits per heavy atom. The highest BCUT2D eigenvalue weighted by atomic mass is 19.4. The van der Waals surface area contributed by atoms with Gasteiger partial charge in [0, 0.05) is 5.56 Å². The molecule has 1 aromatic carbocycles. The molecule has 1 N–H and O–H groups in total. The number of aliphatic hydroxyl groups is 1. The predicted octanol–water partition coefficient (Wildman–Crippen LogP) is 2.25. The molecule has 1 aromatic rings. The van der Waals surface area contributed by atoms with Crippen LogP contribution >= 0.6 is 0 Å². The number of ether oxygens (including phenoxy) is 1. The Balaban J connectivity index is 3.59. The maximum Gasteiger partial charge on any atom is 0.417 e. The van der Waals surface area contributed by atoms with Crippen molar-refractivity contribution in [2.24, 2.45) is 0 Å². The third kappa shape index (κ3) is 3.03. The molecule has 1 rings (SSSR count). The number of carbonyl (C=O) groups is 1. The number of hydrogen-bond donors (Lipinski definition) is 1. The van der Waals surface area contributed by atoms with Crippen LogP contribution in [0.5, 0.6) is 0 Å². The Labute approximate surface area is 107 Å². The van der Waals surface area contributed by atoms with Gasteiger partial charge < -0.3 is 9.84 Å². The van der Waals surface area contributed by atoms with Gasteiger partial charge in [-0.05, 0) is 19.1 Å². The van der Waals surface area contributed by atoms with E-state index in [2.05, 4.69) is 4.74 Å². The average molecular weight is 273 g/mol. The van der Waals surface area contributed by atoms with Crippen molar-refractivity contribution in [2.45, 2.75) is 19.7 Å². The van der Waals surface area contributed by atoms with Gasteiger partial charge in [-0.1, -0.05) is 0 Å². The third-order valence-electron chi connectivity index (χ3n) is 2.38. The Hall–Kier alpha value is -2.07. The average Bonchev–Trinajstić information content (AvgIpc) is 2.35. The van der Waals surface area contributed by atoms with Crippen LogP contribution in [-0.2, 0) is 17.5 Å². The number of aliphatic hydroxyl groups excluding tert-OH is 1. The molecule has 0 saturated carbocycles. The highest BCUT2D eigenvalue weighted by molar-refractivity contribution is 5.93. The number of rotatable bonds is 3. The molecule has 0 aliphatic carbocycles. The number of carbonyl (C=O) groups excluding carboxylic acids is 1. The minimum Gasteiger partial charge on any atom is -0.462 e. The lowest BCUT2D eigenvalue weighted by Gasteiger charge is -2.15. The van der Waals surface area contributed by atoms with Crippen LogP contribution in [0.1, 0.15) is 34.0 Å². The fraction of sp³-hybridized carbons (Fsp3) is 0.333. The Kier molecular flexibility index (Phi) is 4.51. The summed E-state index contributed by atoms with van der Waals surface area (Å²) in [5.41, 5.74) is -2.61. The van der Waals surface area contributed by atoms with Gasteiger partial charge in [-0.3, -0.25) is 0 Å². The predicted molar refractivity (Wildman–Crippen MR) is 58.0 cm³/mol. The maximum absolute atomic E-state index is 12.8. The molecule has 0 bridgehead atoms. The summed E-state index contributed by atoms with van der Waals surface area (Å²) < 4.78 is 43.0. The summed E-state index contributed by atoms with van der Waals surface area (Å²) in [5, 5.41) is 17.9. The van der Waals surface area contributed by atoms with Crippen molar-refractivity contribution < 1.29 is 27.8 Å². The second-order valence-corrected chi connectivity index (χ2v) is 3.50. The van der Waals surface area contributed by atoms with Crippen molar-refractivity contribution in [1.82, 2.24) is 0 Å². The smallest absolute Gasteiger partial charge is 0.417 e. The molecular formula is C12H10F3NO3. The van der Waals surface area contributed by atoms with E-state index in [4.69, 9.17) is 10.4 Å². The Morgan fingerprint density at radius 3 is 2.53 bits per heavy atom. The standard InChI is InChI=1S/C12H10F3NO3/c1-2-19-11(18)10-8(6-17)7(5-16)3-4-9(10)12(13,14)15/h3-4,17H,2,6H2,1H3. The second-order valence-electron chi connectivity index (χ2n) is 3.50. The van der Waals surface area contributed by atoms with Crippen LogP contribution in [0.2, 0.25) is 0 Å². The van der Waals surface area contributed by atoms with Gasteiger partial charge in [0.2, 0.25) is 0 Å². The van der Waals surface area contributed by atoms with Crippen LogP contribution in [0, 0.1) is 11.3 Å². The lowest BCUT2D eigenvalue weighted by molar-refractivity contribution is -0.138. The molecule has 0 amide bonds. The number of nitrogens with zero attached hydrogens (tertiary/aromatic N) is 1. The SMILES string of the molecule is CCOC(=O)c1c(C(F)(F)F)ccc(C#N)c1CO. The topological polar surface area (TPSA) is 70.3 Å². The van der Waals surface area contributed by atoms with Crippen molar-refractivity contribution in [3.8, 4) is 6.07 Å². The van der Waals surface area contributed by atoms with Crippen LogP contribution in [0.3, 0.4) is 0 Å². The number of nitriles is 1. The number of benzene rings is 1. The van der Waals surface area contributed by atoms with Gasteiger partial charge in [-0.15, -0.1) is 0 Å². The van der Waals surface area contributed by atoms with Gasteiger partial charge >= 0.3 is 12.1 Å². The summed E-state index contributed by atoms with van der Waals surface area (Å²) in [6.07, 6.45) is -4.78. The number of hydrogen-bond acceptors (Lipinski definition) is 4. The first kappa shape index (κ1) is 15.0. The molecule has 0 saturated heterocycles. The van der Waals surface area contributed by atoms with Gasteiger partial charge in [0.25, 0.3) is 0 Å². The summed E-state index contributed by atoms with van der Waals surface area (Å²) >= 11 is 0. The van der Waals surface area contributed by atoms with Crippen LogP contribution < -0.4 is 0 Å². The third-order valence-corrected chi connectivity index (χ3v) is 2.38. The number of esters is 1. The lowest BCUT2D eigenvalue weighted by Crippen LogP contribution is -2.18. The van der Waals surface area contributed by atoms with Crippen molar-refractivity contribution in [3.05, 3.63) is 34.4 Å². The summed E-state index contributed by atoms with van der Waals surface area (Å²) in [5.74, 6) is -1.21. The molecule has 0 unspecified atom stereocenters. The summed E-state index contributed by atoms with van der Waals surface area (Å²) in [6, 6.07) is 3.17. The molecule has 0 aliphatic rings. The maximum atomic E-state index is 12.8. The monoisotopic (exact) mass is 273 g/mol. The van der Waals surface area contributed by atoms with E-state index in [-0.39, 0.29) is 17.7 Å². The van der Waals surface area contributed by atoms with Crippen molar-refractivity contribution >= 4 is 5.97 Å². The Morgan fingerprint density at radius 1 is 1.47 bits per heavy atom. The second kappa shape index (κ2) is 5.71. The number of halogens is 3. The van der Waals surface area contributed by atoms with Gasteiger partial charge in [-0.2, -0.15) is 18.4 Å². The van der Waals surface area contributed by atoms with E-state index < -0.39 is 29.9 Å². The number of alkyl halides is 3. The molecule has 0 heterocycles. The highest BCUT2D eigenvalue weighted by Gasteiger charge is 2.37. The highest BCUT2D eigenvalue weighted by Crippen LogP contribution is 2.35. The Bertz CT molecular complexity index is 532. The fourth-order valence-electron chi connectivity index (χ4n) is 1.59. The van der Waals surface area contributed by atoms with Gasteiger partial charge in [0.05, 0.1) is 36.0 Å². The normalized spacial score (nSPS) is 10.9. The van der Waals surface area contributed by atoms with Crippen molar-refractivity contribution in [3.63, 3.8) is 0 Å². The van der Waals surface area contributed by atoms with Crippen molar-refractivity contribution in [2.75, 3.05) is 6.61 Å². The molecule has 0 aromatic heterocycles. The quantitative estimate of drug-likeness (QED) is 0.857. The molecular weight excluding hydrogens is 263 g/mol. The van der Waals surface area contributed by atoms with E-state index in [0.29, 0.717) is 6.07 Å². The summed E-state index contributed by atoms with van der Waals surface area (Å²) in [4.78, 5) is 11.6. The zero-order valence-corrected chi connectivity index (χ0v) is 9.91. The molecule has 19 heavy (non-hydrogen) atoms. The first-order valence-electron chi connectivity index (χ1n) is 5.28. The van der Waals surface area contributed by atoms with E-state index in [0.717, 1.165) is 6.07 Å². The molecule has 4 nitrogen and oxygen atoms in total. The van der Waals surface area contributed by atoms with Crippen molar-refractivity contribution in [1.29, 1.82) is 5.26 Å². The van der Waals surface area contributed by atoms with E-state index in [1.165, 1.54) is 6.92 Å². The molecule has 0 fully saturated rings. The molecule has 0 aliphatic heterocycles. The van der Waals surface area contributed by atoms with Crippen LogP contribution in [0.15, 0.2) is 12.1 Å². The van der Waals surface area contributed by atoms with Gasteiger partial charge in [0.15, 0.2) is 0 Å². The first-order valence-corrected chi connectivity index (χ1v) is 5.28. The lowest BCUT2D eigenvalue weighted by atomic mass is 9.96. The van der Waals surface area contributed by atoms with E-state index >= 15 is 0 Å². The fourth-order valence-corrected chi connectivity index (χ4v) is 1.59. The molecule has 0 radical (unpaired) electrons. The minimum atomic E-state index is -4.78. The molecule has 102 valence electrons. The van der Waals surface area contributed by atoms with E-state index in [9.17, 15) is 18.0 Å². The van der Waals surface area contributed by atoms with Crippen LogP contribution in [0.4, 0.5) is 13.2 Å². The van der Waals surface area contributed by atoms with Gasteiger partial charge in [-0.25, -0.2) is 4.79 Å². The van der Waals surface area contributed by atoms with Crippen LogP contribution in [0.25, 0.3) is 0 Å². The van der Waals surface area contributed by atoms with Gasteiger partial charge in [0.1, 0.15) is 0 Å². The van der Waals surface area contributed by atoms with E-state index in [1.54, 1.807) is 6.07 Å². The zero-order valence-electron chi connectivity index (χ0n) is 9.91. The molecule has 0 atom stereocenters. The van der Waals surface area contributed by atoms with E-state index in [1.807, 2.05) is 0 Å². The largest absolute Gasteiger partial charge is 0.462 e.